The zero-order chi connectivity index (χ0) is 16.9. The van der Waals surface area contributed by atoms with Crippen LogP contribution >= 0.6 is 0 Å². The van der Waals surface area contributed by atoms with Gasteiger partial charge in [-0.3, -0.25) is 14.6 Å². The van der Waals surface area contributed by atoms with Crippen molar-refractivity contribution in [2.45, 2.75) is 43.9 Å². The van der Waals surface area contributed by atoms with Gasteiger partial charge in [0, 0.05) is 25.0 Å². The van der Waals surface area contributed by atoms with Crippen molar-refractivity contribution < 1.29 is 14.3 Å². The summed E-state index contributed by atoms with van der Waals surface area (Å²) >= 11 is 0. The number of unbranched alkanes of at least 4 members (excludes halogenated alkanes) is 1. The molecule has 1 saturated carbocycles. The first-order valence-corrected chi connectivity index (χ1v) is 8.53. The number of nitrogens with one attached hydrogen (secondary N) is 1. The van der Waals surface area contributed by atoms with Gasteiger partial charge in [-0.1, -0.05) is 6.07 Å². The number of amides is 2. The average Bonchev–Trinajstić information content (AvgIpc) is 3.44. The molecule has 0 bridgehead atoms. The Bertz CT molecular complexity index is 576. The van der Waals surface area contributed by atoms with Crippen LogP contribution in [0.15, 0.2) is 24.5 Å². The highest BCUT2D eigenvalue weighted by Gasteiger charge is 2.47. The second kappa shape index (κ2) is 7.72. The summed E-state index contributed by atoms with van der Waals surface area (Å²) in [6.07, 6.45) is 6.34. The van der Waals surface area contributed by atoms with Crippen LogP contribution in [0, 0.1) is 0 Å². The second-order valence-electron chi connectivity index (χ2n) is 6.28. The third kappa shape index (κ3) is 3.73. The van der Waals surface area contributed by atoms with E-state index in [2.05, 4.69) is 10.3 Å². The van der Waals surface area contributed by atoms with Crippen molar-refractivity contribution in [2.75, 3.05) is 19.7 Å². The molecule has 2 fully saturated rings. The van der Waals surface area contributed by atoms with E-state index < -0.39 is 12.1 Å². The normalized spacial score (nSPS) is 24.0. The van der Waals surface area contributed by atoms with E-state index >= 15 is 0 Å². The van der Waals surface area contributed by atoms with Gasteiger partial charge in [0.15, 0.2) is 6.10 Å². The summed E-state index contributed by atoms with van der Waals surface area (Å²) in [5, 5.41) is 2.90. The molecule has 7 heteroatoms. The summed E-state index contributed by atoms with van der Waals surface area (Å²) in [6, 6.07) is 3.50. The molecule has 0 unspecified atom stereocenters. The Balaban J connectivity index is 1.78. The molecule has 3 N–H and O–H groups in total. The second-order valence-corrected chi connectivity index (χ2v) is 6.28. The molecule has 2 heterocycles. The molecule has 1 aromatic heterocycles. The number of pyridine rings is 1. The van der Waals surface area contributed by atoms with Crippen molar-refractivity contribution in [1.82, 2.24) is 15.2 Å². The third-order valence-corrected chi connectivity index (χ3v) is 4.42. The van der Waals surface area contributed by atoms with Crippen LogP contribution in [-0.2, 0) is 14.3 Å². The van der Waals surface area contributed by atoms with Crippen LogP contribution in [0.3, 0.4) is 0 Å². The number of carbonyl (C=O) groups excluding carboxylic acids is 2. The van der Waals surface area contributed by atoms with Crippen molar-refractivity contribution in [3.63, 3.8) is 0 Å². The van der Waals surface area contributed by atoms with Gasteiger partial charge < -0.3 is 20.7 Å². The number of hydrogen-bond donors (Lipinski definition) is 2. The Labute approximate surface area is 141 Å². The number of aromatic nitrogens is 1. The van der Waals surface area contributed by atoms with Crippen molar-refractivity contribution in [1.29, 1.82) is 0 Å². The predicted octanol–water partition coefficient (Wildman–Crippen LogP) is 0.368. The molecule has 7 nitrogen and oxygen atoms in total. The number of morpholine rings is 1. The van der Waals surface area contributed by atoms with Crippen molar-refractivity contribution in [3.8, 4) is 0 Å². The Morgan fingerprint density at radius 2 is 2.25 bits per heavy atom. The molecule has 0 radical (unpaired) electrons. The molecule has 2 aliphatic rings. The smallest absolute Gasteiger partial charge is 0.251 e. The molecule has 130 valence electrons. The van der Waals surface area contributed by atoms with Gasteiger partial charge in [0.2, 0.25) is 5.91 Å². The number of carbonyl (C=O) groups is 2. The minimum Gasteiger partial charge on any atom is -0.356 e. The molecular formula is C17H24N4O3. The van der Waals surface area contributed by atoms with Crippen molar-refractivity contribution >= 4 is 11.8 Å². The fraction of sp³-hybridized carbons (Fsp3) is 0.588. The topological polar surface area (TPSA) is 97.5 Å². The summed E-state index contributed by atoms with van der Waals surface area (Å²) in [6.45, 7) is 1.12. The first kappa shape index (κ1) is 16.9. The summed E-state index contributed by atoms with van der Waals surface area (Å²) in [7, 11) is 0. The first-order valence-electron chi connectivity index (χ1n) is 8.53. The molecule has 2 amide bonds. The van der Waals surface area contributed by atoms with E-state index in [1.807, 2.05) is 17.0 Å². The Kier molecular flexibility index (Phi) is 5.42. The molecule has 24 heavy (non-hydrogen) atoms. The van der Waals surface area contributed by atoms with Gasteiger partial charge in [0.1, 0.15) is 6.61 Å². The zero-order valence-corrected chi connectivity index (χ0v) is 13.7. The number of nitrogens with zero attached hydrogens (tertiary/aromatic N) is 2. The molecular weight excluding hydrogens is 308 g/mol. The minimum atomic E-state index is -0.703. The molecule has 1 saturated heterocycles. The number of nitrogens with two attached hydrogens (primary N) is 1. The summed E-state index contributed by atoms with van der Waals surface area (Å²) in [5.74, 6) is -0.238. The van der Waals surface area contributed by atoms with Gasteiger partial charge in [0.25, 0.3) is 5.91 Å². The van der Waals surface area contributed by atoms with Crippen LogP contribution < -0.4 is 11.1 Å². The largest absolute Gasteiger partial charge is 0.356 e. The maximum absolute atomic E-state index is 12.6. The minimum absolute atomic E-state index is 0.0475. The highest BCUT2D eigenvalue weighted by Crippen LogP contribution is 2.39. The molecule has 1 aliphatic heterocycles. The van der Waals surface area contributed by atoms with E-state index in [9.17, 15) is 9.59 Å². The summed E-state index contributed by atoms with van der Waals surface area (Å²) in [5.41, 5.74) is 6.30. The Hall–Kier alpha value is -1.99. The number of ether oxygens (including phenoxy) is 1. The van der Waals surface area contributed by atoms with E-state index in [4.69, 9.17) is 10.5 Å². The average molecular weight is 332 g/mol. The molecule has 3 rings (SSSR count). The van der Waals surface area contributed by atoms with Crippen molar-refractivity contribution in [2.24, 2.45) is 5.73 Å². The number of hydrogen-bond acceptors (Lipinski definition) is 5. The lowest BCUT2D eigenvalue weighted by atomic mass is 9.98. The fourth-order valence-corrected chi connectivity index (χ4v) is 3.10. The molecule has 1 aromatic rings. The lowest BCUT2D eigenvalue weighted by Crippen LogP contribution is -2.55. The Morgan fingerprint density at radius 1 is 1.42 bits per heavy atom. The van der Waals surface area contributed by atoms with Crippen LogP contribution in [0.4, 0.5) is 0 Å². The highest BCUT2D eigenvalue weighted by atomic mass is 16.5. The lowest BCUT2D eigenvalue weighted by molar-refractivity contribution is -0.165. The number of rotatable bonds is 7. The quantitative estimate of drug-likeness (QED) is 0.703. The van der Waals surface area contributed by atoms with E-state index in [0.717, 1.165) is 31.2 Å². The van der Waals surface area contributed by atoms with Gasteiger partial charge in [-0.15, -0.1) is 0 Å². The fourth-order valence-electron chi connectivity index (χ4n) is 3.10. The van der Waals surface area contributed by atoms with Crippen LogP contribution in [-0.4, -0.2) is 53.5 Å². The van der Waals surface area contributed by atoms with Gasteiger partial charge in [-0.25, -0.2) is 0 Å². The van der Waals surface area contributed by atoms with Crippen LogP contribution in [0.5, 0.6) is 0 Å². The van der Waals surface area contributed by atoms with Crippen LogP contribution in [0.25, 0.3) is 0 Å². The molecule has 1 aliphatic carbocycles. The van der Waals surface area contributed by atoms with Gasteiger partial charge in [0.05, 0.1) is 6.04 Å². The summed E-state index contributed by atoms with van der Waals surface area (Å²) in [4.78, 5) is 30.9. The zero-order valence-electron chi connectivity index (χ0n) is 13.7. The SMILES string of the molecule is NCCCCNC(=O)[C@H]1OCC(=O)N(C2CC2)[C@@H]1c1cccnc1. The molecule has 0 aromatic carbocycles. The first-order chi connectivity index (χ1) is 11.7. The maximum atomic E-state index is 12.6. The highest BCUT2D eigenvalue weighted by molar-refractivity contribution is 5.86. The van der Waals surface area contributed by atoms with E-state index in [-0.39, 0.29) is 24.5 Å². The molecule has 0 spiro atoms. The monoisotopic (exact) mass is 332 g/mol. The van der Waals surface area contributed by atoms with Crippen molar-refractivity contribution in [3.05, 3.63) is 30.1 Å². The lowest BCUT2D eigenvalue weighted by Gasteiger charge is -2.40. The van der Waals surface area contributed by atoms with Gasteiger partial charge in [-0.2, -0.15) is 0 Å². The van der Waals surface area contributed by atoms with E-state index in [1.54, 1.807) is 12.4 Å². The van der Waals surface area contributed by atoms with Gasteiger partial charge in [-0.05, 0) is 43.9 Å². The van der Waals surface area contributed by atoms with Crippen LogP contribution in [0.2, 0.25) is 0 Å². The Morgan fingerprint density at radius 3 is 2.92 bits per heavy atom. The molecule has 2 atom stereocenters. The third-order valence-electron chi connectivity index (χ3n) is 4.42. The van der Waals surface area contributed by atoms with E-state index in [0.29, 0.717) is 13.1 Å². The summed E-state index contributed by atoms with van der Waals surface area (Å²) < 4.78 is 5.63. The van der Waals surface area contributed by atoms with Crippen LogP contribution in [0.1, 0.15) is 37.3 Å². The standard InChI is InChI=1S/C17H24N4O3/c18-7-1-2-9-20-17(23)16-15(12-4-3-8-19-10-12)21(13-5-6-13)14(22)11-24-16/h3-4,8,10,13,15-16H,1-2,5-7,9,11,18H2,(H,20,23)/t15-,16+/m1/s1. The predicted molar refractivity (Wildman–Crippen MR) is 87.9 cm³/mol. The maximum Gasteiger partial charge on any atom is 0.251 e. The van der Waals surface area contributed by atoms with Gasteiger partial charge >= 0.3 is 0 Å². The van der Waals surface area contributed by atoms with E-state index in [1.165, 1.54) is 0 Å².